The maximum Gasteiger partial charge on any atom is 0.266 e. The summed E-state index contributed by atoms with van der Waals surface area (Å²) in [6, 6.07) is 22.5. The Bertz CT molecular complexity index is 1290. The second kappa shape index (κ2) is 9.20. The molecule has 150 valence electrons. The molecule has 1 amide bonds. The minimum absolute atomic E-state index is 0.0338. The van der Waals surface area contributed by atoms with Crippen molar-refractivity contribution in [3.63, 3.8) is 0 Å². The van der Waals surface area contributed by atoms with Gasteiger partial charge < -0.3 is 5.32 Å². The molecule has 0 fully saturated rings. The van der Waals surface area contributed by atoms with Crippen molar-refractivity contribution in [2.45, 2.75) is 0 Å². The first-order valence-corrected chi connectivity index (χ1v) is 10.2. The molecule has 0 saturated heterocycles. The highest BCUT2D eigenvalue weighted by Gasteiger charge is 2.16. The van der Waals surface area contributed by atoms with Gasteiger partial charge in [-0.05, 0) is 58.4 Å². The van der Waals surface area contributed by atoms with E-state index in [9.17, 15) is 10.1 Å². The Morgan fingerprint density at radius 2 is 1.84 bits per heavy atom. The highest BCUT2D eigenvalue weighted by molar-refractivity contribution is 9.10. The van der Waals surface area contributed by atoms with Crippen molar-refractivity contribution in [3.8, 4) is 23.0 Å². The largest absolute Gasteiger partial charge is 0.320 e. The summed E-state index contributed by atoms with van der Waals surface area (Å²) in [4.78, 5) is 16.9. The summed E-state index contributed by atoms with van der Waals surface area (Å²) in [7, 11) is 0. The number of halogens is 1. The van der Waals surface area contributed by atoms with E-state index in [1.807, 2.05) is 60.7 Å². The van der Waals surface area contributed by atoms with E-state index in [0.29, 0.717) is 16.9 Å². The number of aromatic nitrogens is 3. The van der Waals surface area contributed by atoms with Crippen LogP contribution in [-0.4, -0.2) is 20.7 Å². The molecule has 0 aliphatic rings. The van der Waals surface area contributed by atoms with Gasteiger partial charge in [-0.15, -0.1) is 0 Å². The molecule has 1 N–H and O–H groups in total. The average molecular weight is 470 g/mol. The Morgan fingerprint density at radius 1 is 1.06 bits per heavy atom. The van der Waals surface area contributed by atoms with Crippen LogP contribution < -0.4 is 5.32 Å². The van der Waals surface area contributed by atoms with E-state index in [1.165, 1.54) is 0 Å². The number of nitriles is 1. The molecule has 0 saturated carbocycles. The molecule has 0 aliphatic carbocycles. The molecule has 0 unspecified atom stereocenters. The van der Waals surface area contributed by atoms with Gasteiger partial charge in [-0.1, -0.05) is 30.3 Å². The lowest BCUT2D eigenvalue weighted by molar-refractivity contribution is -0.112. The zero-order valence-corrected chi connectivity index (χ0v) is 17.8. The molecule has 0 radical (unpaired) electrons. The van der Waals surface area contributed by atoms with Crippen molar-refractivity contribution in [2.24, 2.45) is 0 Å². The number of pyridine rings is 1. The highest BCUT2D eigenvalue weighted by Crippen LogP contribution is 2.26. The fourth-order valence-corrected chi connectivity index (χ4v) is 3.37. The third kappa shape index (κ3) is 4.60. The standard InChI is InChI=1S/C24H16BrN5O/c25-21-10-4-5-11-22(21)28-24(31)18(14-26)13-19-16-30(20-8-2-1-3-9-20)29-23(19)17-7-6-12-27-15-17/h1-13,15-16H,(H,28,31). The molecule has 7 heteroatoms. The average Bonchev–Trinajstić information content (AvgIpc) is 3.24. The fraction of sp³-hybridized carbons (Fsp3) is 0. The number of carbonyl (C=O) groups is 1. The number of nitrogens with one attached hydrogen (secondary N) is 1. The summed E-state index contributed by atoms with van der Waals surface area (Å²) >= 11 is 3.40. The highest BCUT2D eigenvalue weighted by atomic mass is 79.9. The molecule has 2 aromatic carbocycles. The van der Waals surface area contributed by atoms with E-state index in [1.54, 1.807) is 41.5 Å². The van der Waals surface area contributed by atoms with Crippen molar-refractivity contribution in [3.05, 3.63) is 101 Å². The van der Waals surface area contributed by atoms with E-state index in [-0.39, 0.29) is 5.57 Å². The van der Waals surface area contributed by atoms with Crippen LogP contribution in [0.15, 0.2) is 95.4 Å². The minimum Gasteiger partial charge on any atom is -0.320 e. The number of carbonyl (C=O) groups excluding carboxylic acids is 1. The fourth-order valence-electron chi connectivity index (χ4n) is 2.99. The number of nitrogens with zero attached hydrogens (tertiary/aromatic N) is 4. The van der Waals surface area contributed by atoms with E-state index in [4.69, 9.17) is 0 Å². The Morgan fingerprint density at radius 3 is 2.55 bits per heavy atom. The first-order chi connectivity index (χ1) is 15.2. The van der Waals surface area contributed by atoms with Crippen LogP contribution in [0.25, 0.3) is 23.0 Å². The number of hydrogen-bond acceptors (Lipinski definition) is 4. The zero-order chi connectivity index (χ0) is 21.6. The van der Waals surface area contributed by atoms with Crippen LogP contribution in [0.1, 0.15) is 5.56 Å². The Labute approximate surface area is 187 Å². The van der Waals surface area contributed by atoms with E-state index >= 15 is 0 Å². The van der Waals surface area contributed by atoms with Gasteiger partial charge in [0.15, 0.2) is 0 Å². The Hall–Kier alpha value is -4.02. The monoisotopic (exact) mass is 469 g/mol. The van der Waals surface area contributed by atoms with Crippen molar-refractivity contribution >= 4 is 33.6 Å². The van der Waals surface area contributed by atoms with Gasteiger partial charge in [0.25, 0.3) is 5.91 Å². The van der Waals surface area contributed by atoms with Gasteiger partial charge in [0.1, 0.15) is 17.3 Å². The number of anilines is 1. The molecule has 0 aliphatic heterocycles. The van der Waals surface area contributed by atoms with Crippen molar-refractivity contribution < 1.29 is 4.79 Å². The molecule has 2 aromatic heterocycles. The summed E-state index contributed by atoms with van der Waals surface area (Å²) in [5.41, 5.74) is 3.46. The molecule has 31 heavy (non-hydrogen) atoms. The molecule has 4 aromatic rings. The summed E-state index contributed by atoms with van der Waals surface area (Å²) in [5.74, 6) is -0.501. The molecule has 0 bridgehead atoms. The van der Waals surface area contributed by atoms with Crippen LogP contribution in [0, 0.1) is 11.3 Å². The Kier molecular flexibility index (Phi) is 6.01. The molecule has 0 spiro atoms. The Balaban J connectivity index is 1.75. The summed E-state index contributed by atoms with van der Waals surface area (Å²) in [6.07, 6.45) is 6.71. The predicted molar refractivity (Wildman–Crippen MR) is 123 cm³/mol. The van der Waals surface area contributed by atoms with E-state index < -0.39 is 5.91 Å². The maximum absolute atomic E-state index is 12.8. The van der Waals surface area contributed by atoms with Gasteiger partial charge in [-0.3, -0.25) is 9.78 Å². The first-order valence-electron chi connectivity index (χ1n) is 9.39. The number of hydrogen-bond donors (Lipinski definition) is 1. The van der Waals surface area contributed by atoms with Gasteiger partial charge in [0, 0.05) is 34.2 Å². The number of benzene rings is 2. The minimum atomic E-state index is -0.501. The van der Waals surface area contributed by atoms with Crippen LogP contribution in [0.2, 0.25) is 0 Å². The van der Waals surface area contributed by atoms with E-state index in [2.05, 4.69) is 31.3 Å². The van der Waals surface area contributed by atoms with Crippen molar-refractivity contribution in [1.29, 1.82) is 5.26 Å². The third-order valence-electron chi connectivity index (χ3n) is 4.49. The third-order valence-corrected chi connectivity index (χ3v) is 5.18. The number of amides is 1. The zero-order valence-electron chi connectivity index (χ0n) is 16.2. The summed E-state index contributed by atoms with van der Waals surface area (Å²) in [5, 5.41) is 17.1. The van der Waals surface area contributed by atoms with Crippen molar-refractivity contribution in [2.75, 3.05) is 5.32 Å². The molecular formula is C24H16BrN5O. The van der Waals surface area contributed by atoms with Gasteiger partial charge in [-0.2, -0.15) is 10.4 Å². The summed E-state index contributed by atoms with van der Waals surface area (Å²) < 4.78 is 2.45. The first kappa shape index (κ1) is 20.3. The van der Waals surface area contributed by atoms with Gasteiger partial charge >= 0.3 is 0 Å². The smallest absolute Gasteiger partial charge is 0.266 e. The lowest BCUT2D eigenvalue weighted by Crippen LogP contribution is -2.13. The van der Waals surface area contributed by atoms with Crippen molar-refractivity contribution in [1.82, 2.24) is 14.8 Å². The van der Waals surface area contributed by atoms with Gasteiger partial charge in [0.2, 0.25) is 0 Å². The van der Waals surface area contributed by atoms with Crippen LogP contribution in [0.4, 0.5) is 5.69 Å². The number of rotatable bonds is 5. The lowest BCUT2D eigenvalue weighted by Gasteiger charge is -2.06. The molecular weight excluding hydrogens is 454 g/mol. The topological polar surface area (TPSA) is 83.6 Å². The summed E-state index contributed by atoms with van der Waals surface area (Å²) in [6.45, 7) is 0. The van der Waals surface area contributed by atoms with Crippen LogP contribution in [0.5, 0.6) is 0 Å². The van der Waals surface area contributed by atoms with E-state index in [0.717, 1.165) is 15.7 Å². The SMILES string of the molecule is N#CC(=Cc1cn(-c2ccccc2)nc1-c1cccnc1)C(=O)Nc1ccccc1Br. The second-order valence-corrected chi connectivity index (χ2v) is 7.41. The molecule has 0 atom stereocenters. The molecule has 4 rings (SSSR count). The molecule has 6 nitrogen and oxygen atoms in total. The molecule has 2 heterocycles. The second-order valence-electron chi connectivity index (χ2n) is 6.56. The maximum atomic E-state index is 12.8. The van der Waals surface area contributed by atoms with Crippen LogP contribution in [0.3, 0.4) is 0 Å². The number of para-hydroxylation sites is 2. The van der Waals surface area contributed by atoms with Crippen LogP contribution >= 0.6 is 15.9 Å². The quantitative estimate of drug-likeness (QED) is 0.319. The van der Waals surface area contributed by atoms with Gasteiger partial charge in [-0.25, -0.2) is 4.68 Å². The normalized spacial score (nSPS) is 11.0. The predicted octanol–water partition coefficient (Wildman–Crippen LogP) is 5.24. The lowest BCUT2D eigenvalue weighted by atomic mass is 10.1. The van der Waals surface area contributed by atoms with Gasteiger partial charge in [0.05, 0.1) is 11.4 Å². The van der Waals surface area contributed by atoms with Crippen LogP contribution in [-0.2, 0) is 4.79 Å².